The highest BCUT2D eigenvalue weighted by Crippen LogP contribution is 2.49. The van der Waals surface area contributed by atoms with Crippen LogP contribution in [0.15, 0.2) is 0 Å². The van der Waals surface area contributed by atoms with E-state index in [1.54, 1.807) is 0 Å². The molecule has 6 nitrogen and oxygen atoms in total. The Labute approximate surface area is 161 Å². The minimum atomic E-state index is -2.03. The van der Waals surface area contributed by atoms with Crippen LogP contribution in [0.4, 0.5) is 0 Å². The van der Waals surface area contributed by atoms with Gasteiger partial charge in [0.1, 0.15) is 7.85 Å². The molecule has 26 heavy (non-hydrogen) atoms. The summed E-state index contributed by atoms with van der Waals surface area (Å²) < 4.78 is 32.6. The third-order valence-electron chi connectivity index (χ3n) is 4.30. The van der Waals surface area contributed by atoms with E-state index in [1.807, 2.05) is 21.2 Å². The van der Waals surface area contributed by atoms with Crippen molar-refractivity contribution in [2.75, 3.05) is 26.1 Å². The van der Waals surface area contributed by atoms with Gasteiger partial charge >= 0.3 is 0 Å². The third-order valence-corrected chi connectivity index (χ3v) is 7.79. The molecule has 0 saturated carbocycles. The van der Waals surface area contributed by atoms with Crippen LogP contribution in [0.5, 0.6) is 0 Å². The van der Waals surface area contributed by atoms with Crippen molar-refractivity contribution in [2.24, 2.45) is 0 Å². The highest BCUT2D eigenvalue weighted by Gasteiger charge is 2.38. The van der Waals surface area contributed by atoms with Crippen molar-refractivity contribution in [3.63, 3.8) is 0 Å². The zero-order valence-corrected chi connectivity index (χ0v) is 19.1. The van der Waals surface area contributed by atoms with E-state index in [-0.39, 0.29) is 30.3 Å². The Morgan fingerprint density at radius 3 is 2.46 bits per heavy atom. The van der Waals surface area contributed by atoms with Crippen LogP contribution in [0.1, 0.15) is 47.0 Å². The van der Waals surface area contributed by atoms with Crippen molar-refractivity contribution >= 4 is 23.5 Å². The summed E-state index contributed by atoms with van der Waals surface area (Å²) in [6.45, 7) is 12.5. The first-order valence-electron chi connectivity index (χ1n) is 9.49. The molecule has 1 aliphatic heterocycles. The fourth-order valence-corrected chi connectivity index (χ4v) is 5.78. The van der Waals surface area contributed by atoms with Gasteiger partial charge in [-0.25, -0.2) is 4.67 Å². The van der Waals surface area contributed by atoms with Crippen LogP contribution in [0.25, 0.3) is 0 Å². The topological polar surface area (TPSA) is 71.8 Å². The minimum absolute atomic E-state index is 0.0150. The SMILES string of the molecule is B[C@@H]1O[C@H](CCP(C)(C)=O)C[C@@H]1OP(OCCC#N)N(C(C)C)C(C)C. The second kappa shape index (κ2) is 11.2. The maximum Gasteiger partial charge on any atom is 0.259 e. The van der Waals surface area contributed by atoms with Gasteiger partial charge in [-0.1, -0.05) is 0 Å². The fourth-order valence-electron chi connectivity index (χ4n) is 3.08. The number of nitrogens with zero attached hydrogens (tertiary/aromatic N) is 2. The van der Waals surface area contributed by atoms with Gasteiger partial charge in [0.15, 0.2) is 0 Å². The van der Waals surface area contributed by atoms with E-state index < -0.39 is 15.7 Å². The first-order valence-corrected chi connectivity index (χ1v) is 13.4. The maximum atomic E-state index is 12.0. The molecule has 0 spiro atoms. The monoisotopic (exact) mass is 404 g/mol. The lowest BCUT2D eigenvalue weighted by Crippen LogP contribution is -2.36. The van der Waals surface area contributed by atoms with Crippen LogP contribution < -0.4 is 0 Å². The lowest BCUT2D eigenvalue weighted by atomic mass is 9.94. The van der Waals surface area contributed by atoms with Gasteiger partial charge < -0.3 is 18.3 Å². The van der Waals surface area contributed by atoms with Crippen molar-refractivity contribution in [1.82, 2.24) is 4.67 Å². The largest absolute Gasteiger partial charge is 0.381 e. The molecule has 9 heteroatoms. The normalized spacial score (nSPS) is 25.2. The second-order valence-electron chi connectivity index (χ2n) is 7.98. The highest BCUT2D eigenvalue weighted by atomic mass is 31.2. The van der Waals surface area contributed by atoms with Crippen LogP contribution in [0.2, 0.25) is 0 Å². The molecule has 0 amide bonds. The van der Waals surface area contributed by atoms with Crippen molar-refractivity contribution in [1.29, 1.82) is 5.26 Å². The minimum Gasteiger partial charge on any atom is -0.381 e. The third kappa shape index (κ3) is 8.38. The van der Waals surface area contributed by atoms with Crippen LogP contribution in [-0.4, -0.2) is 68.9 Å². The maximum absolute atomic E-state index is 12.0. The van der Waals surface area contributed by atoms with E-state index >= 15 is 0 Å². The molecule has 1 heterocycles. The lowest BCUT2D eigenvalue weighted by Gasteiger charge is -2.37. The summed E-state index contributed by atoms with van der Waals surface area (Å²) in [6.07, 6.45) is 2.71. The van der Waals surface area contributed by atoms with Gasteiger partial charge in [-0.3, -0.25) is 0 Å². The zero-order chi connectivity index (χ0) is 19.9. The van der Waals surface area contributed by atoms with Gasteiger partial charge in [0.05, 0.1) is 44.5 Å². The Morgan fingerprint density at radius 2 is 1.96 bits per heavy atom. The standard InChI is InChI=1S/C17H35BN2O4P2/c1-13(2)20(14(3)4)25(22-10-7-9-19)24-16-12-15(23-17(16)18)8-11-26(5,6)21/h13-17H,7-8,10-12,18H2,1-6H3/t15-,16+,17-,25?/m1/s1. The molecule has 1 fully saturated rings. The molecular formula is C17H35BN2O4P2. The second-order valence-corrected chi connectivity index (χ2v) is 13.0. The molecule has 150 valence electrons. The predicted molar refractivity (Wildman–Crippen MR) is 111 cm³/mol. The van der Waals surface area contributed by atoms with Crippen LogP contribution in [-0.2, 0) is 18.3 Å². The number of hydrogen-bond acceptors (Lipinski definition) is 6. The molecular weight excluding hydrogens is 369 g/mol. The molecule has 0 radical (unpaired) electrons. The fraction of sp³-hybridized carbons (Fsp3) is 0.941. The van der Waals surface area contributed by atoms with Gasteiger partial charge in [0.2, 0.25) is 0 Å². The summed E-state index contributed by atoms with van der Waals surface area (Å²) in [5, 5.41) is 8.80. The summed E-state index contributed by atoms with van der Waals surface area (Å²) in [7, 11) is -1.25. The molecule has 1 saturated heterocycles. The van der Waals surface area contributed by atoms with E-state index in [4.69, 9.17) is 19.0 Å². The molecule has 0 bridgehead atoms. The smallest absolute Gasteiger partial charge is 0.259 e. The summed E-state index contributed by atoms with van der Waals surface area (Å²) in [5.74, 6) is 0. The molecule has 0 aromatic heterocycles. The first-order chi connectivity index (χ1) is 12.0. The van der Waals surface area contributed by atoms with E-state index in [1.165, 1.54) is 0 Å². The summed E-state index contributed by atoms with van der Waals surface area (Å²) >= 11 is 0. The van der Waals surface area contributed by atoms with Crippen molar-refractivity contribution in [3.8, 4) is 6.07 Å². The van der Waals surface area contributed by atoms with E-state index in [9.17, 15) is 4.57 Å². The van der Waals surface area contributed by atoms with Gasteiger partial charge in [0.25, 0.3) is 8.53 Å². The van der Waals surface area contributed by atoms with Gasteiger partial charge in [0, 0.05) is 24.7 Å². The Bertz CT molecular complexity index is 501. The first kappa shape index (κ1) is 24.1. The van der Waals surface area contributed by atoms with Gasteiger partial charge in [-0.2, -0.15) is 5.26 Å². The average molecular weight is 404 g/mol. The molecule has 4 atom stereocenters. The molecule has 0 aromatic rings. The van der Waals surface area contributed by atoms with E-state index in [0.29, 0.717) is 19.2 Å². The summed E-state index contributed by atoms with van der Waals surface area (Å²) in [4.78, 5) is 0. The molecule has 0 aromatic carbocycles. The number of ether oxygens (including phenoxy) is 1. The van der Waals surface area contributed by atoms with Crippen molar-refractivity contribution < 1.29 is 18.3 Å². The predicted octanol–water partition coefficient (Wildman–Crippen LogP) is 3.41. The Hall–Kier alpha value is 0.0549. The van der Waals surface area contributed by atoms with Crippen LogP contribution in [0, 0.1) is 11.3 Å². The molecule has 1 unspecified atom stereocenters. The molecule has 0 N–H and O–H groups in total. The number of nitriles is 1. The molecule has 1 rings (SSSR count). The van der Waals surface area contributed by atoms with E-state index in [2.05, 4.69) is 38.4 Å². The Kier molecular flexibility index (Phi) is 10.3. The highest BCUT2D eigenvalue weighted by molar-refractivity contribution is 7.62. The lowest BCUT2D eigenvalue weighted by molar-refractivity contribution is 0.0582. The summed E-state index contributed by atoms with van der Waals surface area (Å²) in [5.41, 5.74) is 0. The molecule has 1 aliphatic rings. The average Bonchev–Trinajstić information content (AvgIpc) is 2.84. The number of hydrogen-bond donors (Lipinski definition) is 0. The number of rotatable bonds is 11. The quantitative estimate of drug-likeness (QED) is 0.299. The van der Waals surface area contributed by atoms with Crippen LogP contribution in [0.3, 0.4) is 0 Å². The Morgan fingerprint density at radius 1 is 1.35 bits per heavy atom. The van der Waals surface area contributed by atoms with E-state index in [0.717, 1.165) is 12.8 Å². The van der Waals surface area contributed by atoms with Gasteiger partial charge in [-0.05, 0) is 47.4 Å². The summed E-state index contributed by atoms with van der Waals surface area (Å²) in [6, 6.07) is 2.67. The van der Waals surface area contributed by atoms with Gasteiger partial charge in [-0.15, -0.1) is 0 Å². The zero-order valence-electron chi connectivity index (χ0n) is 17.3. The van der Waals surface area contributed by atoms with Crippen molar-refractivity contribution in [2.45, 2.75) is 77.3 Å². The van der Waals surface area contributed by atoms with Crippen LogP contribution >= 0.6 is 15.7 Å². The molecule has 0 aliphatic carbocycles. The van der Waals surface area contributed by atoms with Crippen molar-refractivity contribution in [3.05, 3.63) is 0 Å². The Balaban J connectivity index is 2.73.